The average molecular weight is 839 g/mol. The molecule has 0 spiro atoms. The minimum absolute atomic E-state index is 0.109. The minimum atomic E-state index is -4.25. The molecule has 0 aromatic heterocycles. The Morgan fingerprint density at radius 1 is 0.879 bits per heavy atom. The average Bonchev–Trinajstić information content (AvgIpc) is 3.23. The Bertz CT molecular complexity index is 2340. The van der Waals surface area contributed by atoms with Gasteiger partial charge < -0.3 is 10.2 Å². The molecular formula is C43H47ClN8O4S2. The zero-order chi connectivity index (χ0) is 40.6. The van der Waals surface area contributed by atoms with Gasteiger partial charge in [0.15, 0.2) is 0 Å². The summed E-state index contributed by atoms with van der Waals surface area (Å²) in [5, 5.41) is 20.8. The van der Waals surface area contributed by atoms with E-state index in [-0.39, 0.29) is 34.8 Å². The molecule has 302 valence electrons. The lowest BCUT2D eigenvalue weighted by molar-refractivity contribution is -0.384. The van der Waals surface area contributed by atoms with E-state index in [0.717, 1.165) is 67.9 Å². The van der Waals surface area contributed by atoms with Crippen molar-refractivity contribution in [3.8, 4) is 11.1 Å². The molecule has 5 aromatic carbocycles. The van der Waals surface area contributed by atoms with Gasteiger partial charge in [-0.25, -0.2) is 18.4 Å². The van der Waals surface area contributed by atoms with Gasteiger partial charge in [-0.1, -0.05) is 78.3 Å². The smallest absolute Gasteiger partial charge is 0.293 e. The molecule has 0 radical (unpaired) electrons. The summed E-state index contributed by atoms with van der Waals surface area (Å²) in [4.78, 5) is 21.9. The number of fused-ring (bicyclic) bond motifs is 1. The number of hydrazine groups is 1. The van der Waals surface area contributed by atoms with Gasteiger partial charge in [-0.2, -0.15) is 0 Å². The van der Waals surface area contributed by atoms with Crippen LogP contribution in [0.15, 0.2) is 136 Å². The molecule has 5 aromatic rings. The van der Waals surface area contributed by atoms with E-state index in [1.165, 1.54) is 23.3 Å². The van der Waals surface area contributed by atoms with Crippen LogP contribution in [0.5, 0.6) is 0 Å². The number of anilines is 2. The van der Waals surface area contributed by atoms with Crippen LogP contribution in [0.4, 0.5) is 17.1 Å². The van der Waals surface area contributed by atoms with E-state index >= 15 is 0 Å². The molecule has 0 amide bonds. The molecule has 12 nitrogen and oxygen atoms in total. The van der Waals surface area contributed by atoms with E-state index in [4.69, 9.17) is 16.6 Å². The van der Waals surface area contributed by atoms with Crippen molar-refractivity contribution in [1.29, 1.82) is 0 Å². The van der Waals surface area contributed by atoms with Gasteiger partial charge in [0.2, 0.25) is 0 Å². The van der Waals surface area contributed by atoms with E-state index in [0.29, 0.717) is 16.3 Å². The zero-order valence-electron chi connectivity index (χ0n) is 32.5. The van der Waals surface area contributed by atoms with Crippen molar-refractivity contribution >= 4 is 56.3 Å². The second-order valence-corrected chi connectivity index (χ2v) is 17.8. The molecule has 1 fully saturated rings. The number of aliphatic imine (C=N–C) groups is 1. The summed E-state index contributed by atoms with van der Waals surface area (Å²) < 4.78 is 30.4. The Morgan fingerprint density at radius 3 is 2.29 bits per heavy atom. The van der Waals surface area contributed by atoms with Gasteiger partial charge in [0.25, 0.3) is 15.7 Å². The molecule has 2 aliphatic heterocycles. The highest BCUT2D eigenvalue weighted by Crippen LogP contribution is 2.32. The summed E-state index contributed by atoms with van der Waals surface area (Å²) >= 11 is 7.82. The number of piperazine rings is 1. The summed E-state index contributed by atoms with van der Waals surface area (Å²) in [5.41, 5.74) is 4.99. The van der Waals surface area contributed by atoms with Gasteiger partial charge in [-0.15, -0.1) is 11.8 Å². The Labute approximate surface area is 349 Å². The Balaban J connectivity index is 1.02. The largest absolute Gasteiger partial charge is 0.376 e. The number of nitrogens with one attached hydrogen (secondary N) is 2. The first-order valence-electron chi connectivity index (χ1n) is 19.2. The molecule has 2 heterocycles. The fourth-order valence-corrected chi connectivity index (χ4v) is 9.34. The number of nitro groups is 1. The molecule has 0 saturated carbocycles. The van der Waals surface area contributed by atoms with Crippen molar-refractivity contribution in [2.24, 2.45) is 4.99 Å². The quantitative estimate of drug-likeness (QED) is 0.0617. The number of amidine groups is 1. The lowest BCUT2D eigenvalue weighted by Crippen LogP contribution is -2.55. The molecule has 0 unspecified atom stereocenters. The van der Waals surface area contributed by atoms with Gasteiger partial charge in [0.05, 0.1) is 15.5 Å². The topological polar surface area (TPSA) is 127 Å². The van der Waals surface area contributed by atoms with E-state index in [9.17, 15) is 18.5 Å². The first-order chi connectivity index (χ1) is 28.0. The van der Waals surface area contributed by atoms with E-state index in [1.54, 1.807) is 11.8 Å². The second-order valence-electron chi connectivity index (χ2n) is 14.6. The van der Waals surface area contributed by atoms with Crippen molar-refractivity contribution < 1.29 is 13.3 Å². The predicted octanol–water partition coefficient (Wildman–Crippen LogP) is 7.68. The fraction of sp³-hybridized carbons (Fsp3) is 0.279. The monoisotopic (exact) mass is 838 g/mol. The van der Waals surface area contributed by atoms with Crippen molar-refractivity contribution in [2.75, 3.05) is 69.6 Å². The SMILES string of the molecule is CN(C)CC[C@H](CSc1ccccc1)Nc1ccc(S(=O)(=O)NC2=NCN(N3CCN(Cc4ccccc4-c4ccc(Cl)cc4)CC3)c3ccccc32)cc1[N+](=O)[O-]. The summed E-state index contributed by atoms with van der Waals surface area (Å²) in [6.45, 7) is 5.00. The van der Waals surface area contributed by atoms with Crippen molar-refractivity contribution in [3.63, 3.8) is 0 Å². The molecule has 1 atom stereocenters. The van der Waals surface area contributed by atoms with Crippen LogP contribution in [-0.4, -0.2) is 99.3 Å². The molecule has 0 bridgehead atoms. The summed E-state index contributed by atoms with van der Waals surface area (Å²) in [6.07, 6.45) is 0.733. The lowest BCUT2D eigenvalue weighted by atomic mass is 9.99. The number of benzene rings is 5. The van der Waals surface area contributed by atoms with Gasteiger partial charge in [0, 0.05) is 66.1 Å². The molecule has 1 saturated heterocycles. The summed E-state index contributed by atoms with van der Waals surface area (Å²) in [5.74, 6) is 0.859. The van der Waals surface area contributed by atoms with Crippen LogP contribution in [0.3, 0.4) is 0 Å². The molecule has 7 rings (SSSR count). The van der Waals surface area contributed by atoms with Crippen LogP contribution in [0.1, 0.15) is 17.5 Å². The van der Waals surface area contributed by atoms with E-state index in [2.05, 4.69) is 66.3 Å². The highest BCUT2D eigenvalue weighted by atomic mass is 35.5. The maximum absolute atomic E-state index is 13.9. The lowest BCUT2D eigenvalue weighted by Gasteiger charge is -2.43. The summed E-state index contributed by atoms with van der Waals surface area (Å²) in [6, 6.07) is 37.8. The van der Waals surface area contributed by atoms with Crippen LogP contribution in [-0.2, 0) is 16.6 Å². The van der Waals surface area contributed by atoms with E-state index < -0.39 is 14.9 Å². The van der Waals surface area contributed by atoms with Gasteiger partial charge >= 0.3 is 0 Å². The number of para-hydroxylation sites is 1. The molecule has 15 heteroatoms. The third-order valence-electron chi connectivity index (χ3n) is 10.2. The second kappa shape index (κ2) is 18.7. The van der Waals surface area contributed by atoms with Gasteiger partial charge in [-0.05, 0) is 92.3 Å². The van der Waals surface area contributed by atoms with Crippen molar-refractivity contribution in [3.05, 3.63) is 148 Å². The number of thioether (sulfide) groups is 1. The number of halogens is 1. The third kappa shape index (κ3) is 10.2. The van der Waals surface area contributed by atoms with Crippen molar-refractivity contribution in [1.82, 2.24) is 19.5 Å². The Morgan fingerprint density at radius 2 is 1.57 bits per heavy atom. The highest BCUT2D eigenvalue weighted by Gasteiger charge is 2.31. The Kier molecular flexibility index (Phi) is 13.3. The van der Waals surface area contributed by atoms with E-state index in [1.807, 2.05) is 80.8 Å². The first kappa shape index (κ1) is 41.2. The molecule has 58 heavy (non-hydrogen) atoms. The van der Waals surface area contributed by atoms with Crippen LogP contribution < -0.4 is 15.0 Å². The number of nitro benzene ring substituents is 1. The number of hydrogen-bond donors (Lipinski definition) is 2. The number of nitrogens with zero attached hydrogens (tertiary/aromatic N) is 6. The molecule has 2 N–H and O–H groups in total. The fourth-order valence-electron chi connectivity index (χ4n) is 7.16. The maximum atomic E-state index is 13.9. The maximum Gasteiger partial charge on any atom is 0.293 e. The van der Waals surface area contributed by atoms with Gasteiger partial charge in [-0.3, -0.25) is 24.7 Å². The van der Waals surface area contributed by atoms with Crippen LogP contribution in [0.2, 0.25) is 5.02 Å². The molecular weight excluding hydrogens is 792 g/mol. The summed E-state index contributed by atoms with van der Waals surface area (Å²) in [7, 11) is -0.281. The first-order valence-corrected chi connectivity index (χ1v) is 22.0. The molecule has 2 aliphatic rings. The van der Waals surface area contributed by atoms with Crippen LogP contribution in [0.25, 0.3) is 11.1 Å². The predicted molar refractivity (Wildman–Crippen MR) is 235 cm³/mol. The van der Waals surface area contributed by atoms with Crippen molar-refractivity contribution in [2.45, 2.75) is 28.8 Å². The van der Waals surface area contributed by atoms with Crippen LogP contribution in [0, 0.1) is 10.1 Å². The minimum Gasteiger partial charge on any atom is -0.376 e. The van der Waals surface area contributed by atoms with Crippen LogP contribution >= 0.6 is 23.4 Å². The third-order valence-corrected chi connectivity index (χ3v) is 13.0. The number of sulfonamides is 1. The Hall–Kier alpha value is -4.96. The molecule has 0 aliphatic carbocycles. The number of hydrogen-bond acceptors (Lipinski definition) is 11. The normalized spacial score (nSPS) is 15.4. The highest BCUT2D eigenvalue weighted by molar-refractivity contribution is 7.99. The standard InChI is InChI=1S/C43H47ClN8O4S2/c1-48(2)23-22-35(30-57-36-11-4-3-5-12-36)46-40-21-20-37(28-42(40)52(53)54)58(55,56)47-43-39-14-8-9-15-41(39)51(31-45-43)50-26-24-49(25-27-50)29-33-10-6-7-13-38(33)32-16-18-34(44)19-17-32/h3-21,28,35,46H,22-27,29-31H2,1-2H3,(H,45,47)/t35-/m1/s1. The zero-order valence-corrected chi connectivity index (χ0v) is 34.9. The van der Waals surface area contributed by atoms with Gasteiger partial charge in [0.1, 0.15) is 18.2 Å². The number of rotatable bonds is 15.